The first-order valence-corrected chi connectivity index (χ1v) is 9.32. The highest BCUT2D eigenvalue weighted by atomic mass is 35.5. The van der Waals surface area contributed by atoms with Crippen molar-refractivity contribution in [1.29, 1.82) is 0 Å². The van der Waals surface area contributed by atoms with E-state index in [1.54, 1.807) is 0 Å². The number of nitrogens with one attached hydrogen (secondary N) is 1. The summed E-state index contributed by atoms with van der Waals surface area (Å²) in [4.78, 5) is 18.9. The largest absolute Gasteiger partial charge is 0.423 e. The maximum absolute atomic E-state index is 13.1. The van der Waals surface area contributed by atoms with Gasteiger partial charge in [-0.25, -0.2) is 4.39 Å². The number of carbonyl (C=O) groups is 1. The van der Waals surface area contributed by atoms with Gasteiger partial charge in [0.1, 0.15) is 11.3 Å². The minimum Gasteiger partial charge on any atom is -0.423 e. The number of piperidine rings is 1. The van der Waals surface area contributed by atoms with Crippen molar-refractivity contribution in [1.82, 2.24) is 10.3 Å². The van der Waals surface area contributed by atoms with Gasteiger partial charge in [-0.15, -0.1) is 0 Å². The molecular weight excluding hydrogens is 369 g/mol. The second-order valence-corrected chi connectivity index (χ2v) is 7.14. The molecule has 2 aromatic carbocycles. The topological polar surface area (TPSA) is 58.4 Å². The van der Waals surface area contributed by atoms with Gasteiger partial charge in [-0.05, 0) is 49.1 Å². The van der Waals surface area contributed by atoms with E-state index >= 15 is 0 Å². The van der Waals surface area contributed by atoms with Gasteiger partial charge < -0.3 is 14.6 Å². The molecule has 0 radical (unpaired) electrons. The summed E-state index contributed by atoms with van der Waals surface area (Å²) in [6.45, 7) is 2.21. The molecule has 1 aromatic heterocycles. The fourth-order valence-corrected chi connectivity index (χ4v) is 3.58. The van der Waals surface area contributed by atoms with Crippen LogP contribution in [0.15, 0.2) is 46.9 Å². The average molecular weight is 388 g/mol. The molecule has 1 amide bonds. The Bertz CT molecular complexity index is 934. The van der Waals surface area contributed by atoms with Crippen molar-refractivity contribution < 1.29 is 13.6 Å². The predicted molar refractivity (Wildman–Crippen MR) is 103 cm³/mol. The summed E-state index contributed by atoms with van der Waals surface area (Å²) in [5.41, 5.74) is 1.94. The molecule has 0 atom stereocenters. The summed E-state index contributed by atoms with van der Waals surface area (Å²) in [5.74, 6) is -0.363. The van der Waals surface area contributed by atoms with E-state index in [0.29, 0.717) is 24.0 Å². The highest BCUT2D eigenvalue weighted by molar-refractivity contribution is 6.33. The lowest BCUT2D eigenvalue weighted by molar-refractivity contribution is 0.0945. The monoisotopic (exact) mass is 387 g/mol. The molecule has 0 spiro atoms. The van der Waals surface area contributed by atoms with Crippen LogP contribution in [0.3, 0.4) is 0 Å². The highest BCUT2D eigenvalue weighted by Crippen LogP contribution is 2.26. The summed E-state index contributed by atoms with van der Waals surface area (Å²) in [6, 6.07) is 12.2. The summed E-state index contributed by atoms with van der Waals surface area (Å²) in [7, 11) is 0. The van der Waals surface area contributed by atoms with E-state index in [1.807, 2.05) is 24.3 Å². The molecule has 2 heterocycles. The second-order valence-electron chi connectivity index (χ2n) is 6.73. The van der Waals surface area contributed by atoms with Gasteiger partial charge in [-0.1, -0.05) is 23.7 Å². The third kappa shape index (κ3) is 3.90. The van der Waals surface area contributed by atoms with Gasteiger partial charge in [0.2, 0.25) is 0 Å². The minimum absolute atomic E-state index is 0.123. The van der Waals surface area contributed by atoms with E-state index < -0.39 is 5.82 Å². The van der Waals surface area contributed by atoms with E-state index in [-0.39, 0.29) is 10.9 Å². The quantitative estimate of drug-likeness (QED) is 0.726. The molecule has 1 fully saturated rings. The molecule has 4 rings (SSSR count). The maximum Gasteiger partial charge on any atom is 0.298 e. The standard InChI is InChI=1S/C20H19ClFN3O2/c21-16-11-14(22)5-6-15(16)19(26)23-12-13-7-9-25(10-8-13)20-24-17-3-1-2-4-18(17)27-20/h1-6,11,13H,7-10,12H2,(H,23,26). The van der Waals surface area contributed by atoms with Crippen LogP contribution in [0.2, 0.25) is 5.02 Å². The summed E-state index contributed by atoms with van der Waals surface area (Å²) >= 11 is 5.94. The number of fused-ring (bicyclic) bond motifs is 1. The Hall–Kier alpha value is -2.60. The Balaban J connectivity index is 1.31. The normalized spacial score (nSPS) is 15.3. The second kappa shape index (κ2) is 7.56. The number of carbonyl (C=O) groups excluding carboxylic acids is 1. The molecule has 5 nitrogen and oxygen atoms in total. The fourth-order valence-electron chi connectivity index (χ4n) is 3.33. The number of halogens is 2. The number of nitrogens with zero attached hydrogens (tertiary/aromatic N) is 2. The average Bonchev–Trinajstić information content (AvgIpc) is 3.11. The predicted octanol–water partition coefficient (Wildman–Crippen LogP) is 4.27. The van der Waals surface area contributed by atoms with Crippen LogP contribution < -0.4 is 10.2 Å². The van der Waals surface area contributed by atoms with Crippen LogP contribution in [0.1, 0.15) is 23.2 Å². The molecule has 140 valence electrons. The van der Waals surface area contributed by atoms with E-state index in [4.69, 9.17) is 16.0 Å². The third-order valence-electron chi connectivity index (χ3n) is 4.89. The molecule has 3 aromatic rings. The van der Waals surface area contributed by atoms with Crippen LogP contribution in [0.5, 0.6) is 0 Å². The number of oxazole rings is 1. The van der Waals surface area contributed by atoms with Crippen molar-refractivity contribution in [2.45, 2.75) is 12.8 Å². The number of benzene rings is 2. The highest BCUT2D eigenvalue weighted by Gasteiger charge is 2.23. The zero-order chi connectivity index (χ0) is 18.8. The Labute approximate surface area is 161 Å². The van der Waals surface area contributed by atoms with Crippen molar-refractivity contribution in [3.05, 3.63) is 58.9 Å². The summed E-state index contributed by atoms with van der Waals surface area (Å²) in [5, 5.41) is 3.03. The molecule has 0 saturated carbocycles. The molecule has 0 unspecified atom stereocenters. The van der Waals surface area contributed by atoms with Crippen LogP contribution in [0, 0.1) is 11.7 Å². The van der Waals surface area contributed by atoms with Crippen LogP contribution in [0.4, 0.5) is 10.4 Å². The number of para-hydroxylation sites is 2. The lowest BCUT2D eigenvalue weighted by Gasteiger charge is -2.30. The molecule has 1 aliphatic heterocycles. The van der Waals surface area contributed by atoms with E-state index in [2.05, 4.69) is 15.2 Å². The molecule has 0 aliphatic carbocycles. The van der Waals surface area contributed by atoms with E-state index in [9.17, 15) is 9.18 Å². The van der Waals surface area contributed by atoms with Gasteiger partial charge in [0.15, 0.2) is 5.58 Å². The van der Waals surface area contributed by atoms with Crippen molar-refractivity contribution >= 4 is 34.6 Å². The van der Waals surface area contributed by atoms with Crippen LogP contribution >= 0.6 is 11.6 Å². The van der Waals surface area contributed by atoms with Gasteiger partial charge >= 0.3 is 0 Å². The minimum atomic E-state index is -0.455. The first-order chi connectivity index (χ1) is 13.1. The first kappa shape index (κ1) is 17.8. The number of rotatable bonds is 4. The molecule has 1 N–H and O–H groups in total. The zero-order valence-corrected chi connectivity index (χ0v) is 15.4. The lowest BCUT2D eigenvalue weighted by atomic mass is 9.97. The SMILES string of the molecule is O=C(NCC1CCN(c2nc3ccccc3o2)CC1)c1ccc(F)cc1Cl. The fraction of sp³-hybridized carbons (Fsp3) is 0.300. The van der Waals surface area contributed by atoms with Gasteiger partial charge in [0, 0.05) is 19.6 Å². The smallest absolute Gasteiger partial charge is 0.298 e. The number of amides is 1. The van der Waals surface area contributed by atoms with Crippen LogP contribution in [0.25, 0.3) is 11.1 Å². The van der Waals surface area contributed by atoms with Crippen molar-refractivity contribution in [2.75, 3.05) is 24.5 Å². The van der Waals surface area contributed by atoms with E-state index in [1.165, 1.54) is 12.1 Å². The zero-order valence-electron chi connectivity index (χ0n) is 14.6. The Kier molecular flexibility index (Phi) is 4.99. The van der Waals surface area contributed by atoms with Crippen LogP contribution in [-0.2, 0) is 0 Å². The Morgan fingerprint density at radius 2 is 2.04 bits per heavy atom. The van der Waals surface area contributed by atoms with Crippen LogP contribution in [-0.4, -0.2) is 30.5 Å². The molecule has 27 heavy (non-hydrogen) atoms. The van der Waals surface area contributed by atoms with Gasteiger partial charge in [-0.3, -0.25) is 4.79 Å². The van der Waals surface area contributed by atoms with Crippen molar-refractivity contribution in [3.8, 4) is 0 Å². The first-order valence-electron chi connectivity index (χ1n) is 8.94. The van der Waals surface area contributed by atoms with E-state index in [0.717, 1.165) is 43.1 Å². The third-order valence-corrected chi connectivity index (χ3v) is 5.21. The number of aromatic nitrogens is 1. The van der Waals surface area contributed by atoms with Crippen molar-refractivity contribution in [2.24, 2.45) is 5.92 Å². The number of anilines is 1. The molecule has 7 heteroatoms. The van der Waals surface area contributed by atoms with Gasteiger partial charge in [0.05, 0.1) is 10.6 Å². The summed E-state index contributed by atoms with van der Waals surface area (Å²) < 4.78 is 18.9. The molecule has 1 saturated heterocycles. The Morgan fingerprint density at radius 3 is 2.78 bits per heavy atom. The lowest BCUT2D eigenvalue weighted by Crippen LogP contribution is -2.38. The Morgan fingerprint density at radius 1 is 1.26 bits per heavy atom. The maximum atomic E-state index is 13.1. The van der Waals surface area contributed by atoms with Gasteiger partial charge in [-0.2, -0.15) is 4.98 Å². The molecule has 0 bridgehead atoms. The number of hydrogen-bond acceptors (Lipinski definition) is 4. The number of hydrogen-bond donors (Lipinski definition) is 1. The van der Waals surface area contributed by atoms with Crippen molar-refractivity contribution in [3.63, 3.8) is 0 Å². The molecule has 1 aliphatic rings. The van der Waals surface area contributed by atoms with Gasteiger partial charge in [0.25, 0.3) is 11.9 Å². The summed E-state index contributed by atoms with van der Waals surface area (Å²) in [6.07, 6.45) is 1.85. The molecular formula is C20H19ClFN3O2.